The molecule has 0 saturated heterocycles. The molecule has 1 atom stereocenters. The minimum Gasteiger partial charge on any atom is -0.480 e. The van der Waals surface area contributed by atoms with Crippen molar-refractivity contribution in [2.75, 3.05) is 13.6 Å². The zero-order valence-electron chi connectivity index (χ0n) is 9.53. The third-order valence-corrected chi connectivity index (χ3v) is 1.91. The number of urea groups is 1. The highest BCUT2D eigenvalue weighted by Gasteiger charge is 2.23. The van der Waals surface area contributed by atoms with E-state index in [1.165, 1.54) is 7.05 Å². The lowest BCUT2D eigenvalue weighted by Gasteiger charge is -2.17. The topological polar surface area (TPSA) is 108 Å². The zero-order valence-corrected chi connectivity index (χ0v) is 9.53. The summed E-state index contributed by atoms with van der Waals surface area (Å²) in [5, 5.41) is 15.6. The second kappa shape index (κ2) is 6.65. The molecule has 7 nitrogen and oxygen atoms in total. The van der Waals surface area contributed by atoms with Crippen molar-refractivity contribution >= 4 is 17.9 Å². The van der Waals surface area contributed by atoms with Gasteiger partial charge in [0.1, 0.15) is 6.04 Å². The molecule has 0 aromatic heterocycles. The maximum absolute atomic E-state index is 11.2. The number of hydrogen-bond donors (Lipinski definition) is 4. The molecule has 0 spiro atoms. The van der Waals surface area contributed by atoms with Crippen LogP contribution < -0.4 is 16.0 Å². The predicted molar refractivity (Wildman–Crippen MR) is 56.9 cm³/mol. The van der Waals surface area contributed by atoms with E-state index >= 15 is 0 Å². The third kappa shape index (κ3) is 5.18. The molecule has 92 valence electrons. The van der Waals surface area contributed by atoms with Crippen molar-refractivity contribution in [3.05, 3.63) is 0 Å². The van der Waals surface area contributed by atoms with E-state index in [1.54, 1.807) is 13.8 Å². The number of likely N-dealkylation sites (N-methyl/N-ethyl adjacent to an activating group) is 1. The molecule has 0 aliphatic carbocycles. The van der Waals surface area contributed by atoms with Crippen LogP contribution in [0.3, 0.4) is 0 Å². The SMILES string of the molecule is CNC(=O)CNC(=O)NC(C(=O)O)C(C)C. The second-order valence-electron chi connectivity index (χ2n) is 3.56. The van der Waals surface area contributed by atoms with Gasteiger partial charge in [0, 0.05) is 7.05 Å². The quantitative estimate of drug-likeness (QED) is 0.494. The molecule has 7 heteroatoms. The molecule has 0 aromatic carbocycles. The lowest BCUT2D eigenvalue weighted by atomic mass is 10.1. The summed E-state index contributed by atoms with van der Waals surface area (Å²) in [5.74, 6) is -1.69. The van der Waals surface area contributed by atoms with Crippen LogP contribution in [-0.4, -0.2) is 42.6 Å². The van der Waals surface area contributed by atoms with Gasteiger partial charge in [0.25, 0.3) is 0 Å². The highest BCUT2D eigenvalue weighted by molar-refractivity contribution is 5.86. The third-order valence-electron chi connectivity index (χ3n) is 1.91. The van der Waals surface area contributed by atoms with Crippen LogP contribution in [-0.2, 0) is 9.59 Å². The Morgan fingerprint density at radius 3 is 2.19 bits per heavy atom. The van der Waals surface area contributed by atoms with E-state index in [9.17, 15) is 14.4 Å². The lowest BCUT2D eigenvalue weighted by molar-refractivity contribution is -0.140. The minimum atomic E-state index is -1.11. The molecular formula is C9H17N3O4. The smallest absolute Gasteiger partial charge is 0.326 e. The fourth-order valence-corrected chi connectivity index (χ4v) is 0.955. The van der Waals surface area contributed by atoms with Crippen molar-refractivity contribution < 1.29 is 19.5 Å². The van der Waals surface area contributed by atoms with Crippen LogP contribution in [0.4, 0.5) is 4.79 Å². The van der Waals surface area contributed by atoms with Crippen molar-refractivity contribution in [2.45, 2.75) is 19.9 Å². The molecule has 0 aliphatic rings. The molecule has 0 heterocycles. The van der Waals surface area contributed by atoms with Crippen LogP contribution in [0.25, 0.3) is 0 Å². The highest BCUT2D eigenvalue weighted by atomic mass is 16.4. The minimum absolute atomic E-state index is 0.188. The molecule has 16 heavy (non-hydrogen) atoms. The first-order valence-electron chi connectivity index (χ1n) is 4.86. The number of aliphatic carboxylic acids is 1. The summed E-state index contributed by atoms with van der Waals surface area (Å²) in [6, 6.07) is -1.64. The number of carboxylic acids is 1. The van der Waals surface area contributed by atoms with Gasteiger partial charge < -0.3 is 21.1 Å². The Bertz CT molecular complexity index is 278. The van der Waals surface area contributed by atoms with Crippen molar-refractivity contribution in [3.8, 4) is 0 Å². The number of hydrogen-bond acceptors (Lipinski definition) is 3. The maximum Gasteiger partial charge on any atom is 0.326 e. The fourth-order valence-electron chi connectivity index (χ4n) is 0.955. The van der Waals surface area contributed by atoms with Crippen LogP contribution in [0.5, 0.6) is 0 Å². The average molecular weight is 231 g/mol. The maximum atomic E-state index is 11.2. The van der Waals surface area contributed by atoms with E-state index in [1.807, 2.05) is 0 Å². The Labute approximate surface area is 93.6 Å². The summed E-state index contributed by atoms with van der Waals surface area (Å²) in [6.07, 6.45) is 0. The van der Waals surface area contributed by atoms with Crippen LogP contribution in [0.15, 0.2) is 0 Å². The van der Waals surface area contributed by atoms with Gasteiger partial charge in [0.15, 0.2) is 0 Å². The Hall–Kier alpha value is -1.79. The first-order valence-corrected chi connectivity index (χ1v) is 4.86. The number of carbonyl (C=O) groups is 3. The number of nitrogens with one attached hydrogen (secondary N) is 3. The van der Waals surface area contributed by atoms with Gasteiger partial charge in [-0.1, -0.05) is 13.8 Å². The Balaban J connectivity index is 4.11. The van der Waals surface area contributed by atoms with Gasteiger partial charge in [-0.3, -0.25) is 4.79 Å². The van der Waals surface area contributed by atoms with Gasteiger partial charge in [-0.15, -0.1) is 0 Å². The van der Waals surface area contributed by atoms with E-state index in [0.717, 1.165) is 0 Å². The van der Waals surface area contributed by atoms with E-state index < -0.39 is 18.0 Å². The molecule has 4 N–H and O–H groups in total. The van der Waals surface area contributed by atoms with Crippen LogP contribution in [0.1, 0.15) is 13.8 Å². The highest BCUT2D eigenvalue weighted by Crippen LogP contribution is 2.00. The molecule has 0 aromatic rings. The summed E-state index contributed by atoms with van der Waals surface area (Å²) in [4.78, 5) is 32.8. The van der Waals surface area contributed by atoms with Crippen molar-refractivity contribution in [1.82, 2.24) is 16.0 Å². The Morgan fingerprint density at radius 1 is 1.25 bits per heavy atom. The van der Waals surface area contributed by atoms with Crippen molar-refractivity contribution in [2.24, 2.45) is 5.92 Å². The summed E-state index contributed by atoms with van der Waals surface area (Å²) >= 11 is 0. The molecule has 3 amide bonds. The molecule has 0 rings (SSSR count). The Kier molecular flexibility index (Phi) is 5.91. The van der Waals surface area contributed by atoms with Crippen molar-refractivity contribution in [1.29, 1.82) is 0 Å². The summed E-state index contributed by atoms with van der Waals surface area (Å²) < 4.78 is 0. The van der Waals surface area contributed by atoms with Crippen molar-refractivity contribution in [3.63, 3.8) is 0 Å². The summed E-state index contributed by atoms with van der Waals surface area (Å²) in [6.45, 7) is 3.17. The molecule has 0 bridgehead atoms. The van der Waals surface area contributed by atoms with Gasteiger partial charge in [-0.25, -0.2) is 9.59 Å². The molecule has 0 fully saturated rings. The predicted octanol–water partition coefficient (Wildman–Crippen LogP) is -0.859. The standard InChI is InChI=1S/C9H17N3O4/c1-5(2)7(8(14)15)12-9(16)11-4-6(13)10-3/h5,7H,4H2,1-3H3,(H,10,13)(H,14,15)(H2,11,12,16). The van der Waals surface area contributed by atoms with Crippen LogP contribution >= 0.6 is 0 Å². The number of rotatable bonds is 5. The first-order chi connectivity index (χ1) is 7.38. The second-order valence-corrected chi connectivity index (χ2v) is 3.56. The number of carbonyl (C=O) groups excluding carboxylic acids is 2. The van der Waals surface area contributed by atoms with Crippen LogP contribution in [0.2, 0.25) is 0 Å². The van der Waals surface area contributed by atoms with E-state index in [0.29, 0.717) is 0 Å². The largest absolute Gasteiger partial charge is 0.480 e. The summed E-state index contributed by atoms with van der Waals surface area (Å²) in [7, 11) is 1.44. The van der Waals surface area contributed by atoms with E-state index in [4.69, 9.17) is 5.11 Å². The molecule has 1 unspecified atom stereocenters. The van der Waals surface area contributed by atoms with E-state index in [2.05, 4.69) is 16.0 Å². The molecule has 0 radical (unpaired) electrons. The average Bonchev–Trinajstić information content (AvgIpc) is 2.21. The van der Waals surface area contributed by atoms with Gasteiger partial charge in [0.2, 0.25) is 5.91 Å². The molecule has 0 aliphatic heterocycles. The normalized spacial score (nSPS) is 11.8. The summed E-state index contributed by atoms with van der Waals surface area (Å²) in [5.41, 5.74) is 0. The van der Waals surface area contributed by atoms with Gasteiger partial charge in [-0.05, 0) is 5.92 Å². The lowest BCUT2D eigenvalue weighted by Crippen LogP contribution is -2.50. The first kappa shape index (κ1) is 14.2. The van der Waals surface area contributed by atoms with Gasteiger partial charge in [0.05, 0.1) is 6.54 Å². The molecule has 0 saturated carbocycles. The number of amides is 3. The fraction of sp³-hybridized carbons (Fsp3) is 0.667. The van der Waals surface area contributed by atoms with Gasteiger partial charge in [-0.2, -0.15) is 0 Å². The zero-order chi connectivity index (χ0) is 12.7. The van der Waals surface area contributed by atoms with Gasteiger partial charge >= 0.3 is 12.0 Å². The van der Waals surface area contributed by atoms with E-state index in [-0.39, 0.29) is 18.4 Å². The van der Waals surface area contributed by atoms with Crippen LogP contribution in [0, 0.1) is 5.92 Å². The molecular weight excluding hydrogens is 214 g/mol. The Morgan fingerprint density at radius 2 is 1.81 bits per heavy atom. The number of carboxylic acid groups (broad SMARTS) is 1. The monoisotopic (exact) mass is 231 g/mol.